The Kier molecular flexibility index (Phi) is 4.22. The van der Waals surface area contributed by atoms with Gasteiger partial charge in [-0.3, -0.25) is 0 Å². The van der Waals surface area contributed by atoms with Crippen LogP contribution in [-0.2, 0) is 0 Å². The lowest BCUT2D eigenvalue weighted by Gasteiger charge is -2.46. The lowest BCUT2D eigenvalue weighted by Crippen LogP contribution is -2.58. The number of nitrogens with zero attached hydrogens (tertiary/aromatic N) is 2. The van der Waals surface area contributed by atoms with Gasteiger partial charge in [0.1, 0.15) is 0 Å². The van der Waals surface area contributed by atoms with E-state index in [2.05, 4.69) is 22.0 Å². The molecule has 4 fully saturated rings. The van der Waals surface area contributed by atoms with Gasteiger partial charge in [-0.15, -0.1) is 0 Å². The summed E-state index contributed by atoms with van der Waals surface area (Å²) in [6.45, 7) is 10.2. The number of nitrogens with one attached hydrogen (secondary N) is 1. The lowest BCUT2D eigenvalue weighted by atomic mass is 9.83. The summed E-state index contributed by atoms with van der Waals surface area (Å²) in [6.07, 6.45) is 7.00. The van der Waals surface area contributed by atoms with E-state index in [1.165, 1.54) is 71.4 Å². The molecule has 4 heterocycles. The Labute approximate surface area is 112 Å². The molecule has 4 saturated heterocycles. The van der Waals surface area contributed by atoms with Crippen molar-refractivity contribution in [3.8, 4) is 0 Å². The molecule has 1 N–H and O–H groups in total. The molecule has 0 spiro atoms. The van der Waals surface area contributed by atoms with E-state index >= 15 is 0 Å². The van der Waals surface area contributed by atoms with Gasteiger partial charge in [0.05, 0.1) is 0 Å². The summed E-state index contributed by atoms with van der Waals surface area (Å²) in [6, 6.07) is 1.58. The molecule has 2 atom stereocenters. The van der Waals surface area contributed by atoms with Gasteiger partial charge in [0, 0.05) is 18.6 Å². The van der Waals surface area contributed by atoms with Crippen molar-refractivity contribution < 1.29 is 0 Å². The normalized spacial score (nSPS) is 41.8. The number of piperidine rings is 3. The summed E-state index contributed by atoms with van der Waals surface area (Å²) in [5, 5.41) is 4.01. The van der Waals surface area contributed by atoms with E-state index in [0.717, 1.165) is 18.0 Å². The van der Waals surface area contributed by atoms with Crippen LogP contribution in [0.5, 0.6) is 0 Å². The highest BCUT2D eigenvalue weighted by Crippen LogP contribution is 2.28. The smallest absolute Gasteiger partial charge is 0.0226 e. The van der Waals surface area contributed by atoms with Crippen LogP contribution < -0.4 is 5.32 Å². The van der Waals surface area contributed by atoms with Gasteiger partial charge in [-0.1, -0.05) is 6.92 Å². The second kappa shape index (κ2) is 5.89. The number of rotatable bonds is 3. The first-order chi connectivity index (χ1) is 8.85. The van der Waals surface area contributed by atoms with E-state index in [1.54, 1.807) is 0 Å². The first-order valence-electron chi connectivity index (χ1n) is 8.06. The maximum Gasteiger partial charge on any atom is 0.0226 e. The SMILES string of the molecule is CCN1CCCC(NC2CN3CCC2CC3)CC1. The molecule has 18 heavy (non-hydrogen) atoms. The first-order valence-corrected chi connectivity index (χ1v) is 8.06. The average Bonchev–Trinajstić information content (AvgIpc) is 2.65. The molecule has 0 radical (unpaired) electrons. The molecule has 104 valence electrons. The summed E-state index contributed by atoms with van der Waals surface area (Å²) in [4.78, 5) is 5.27. The maximum atomic E-state index is 4.01. The maximum absolute atomic E-state index is 4.01. The molecule has 4 rings (SSSR count). The van der Waals surface area contributed by atoms with Crippen molar-refractivity contribution >= 4 is 0 Å². The highest BCUT2D eigenvalue weighted by molar-refractivity contribution is 4.92. The van der Waals surface area contributed by atoms with E-state index in [-0.39, 0.29) is 0 Å². The standard InChI is InChI=1S/C15H29N3/c1-2-17-8-3-4-14(7-11-17)16-15-12-18-9-5-13(15)6-10-18/h13-16H,2-12H2,1H3. The van der Waals surface area contributed by atoms with Gasteiger partial charge in [0.25, 0.3) is 0 Å². The minimum Gasteiger partial charge on any atom is -0.310 e. The molecule has 0 aliphatic carbocycles. The predicted molar refractivity (Wildman–Crippen MR) is 75.8 cm³/mol. The van der Waals surface area contributed by atoms with E-state index in [0.29, 0.717) is 0 Å². The molecule has 4 aliphatic heterocycles. The molecule has 0 saturated carbocycles. The molecule has 0 amide bonds. The van der Waals surface area contributed by atoms with Crippen LogP contribution in [-0.4, -0.2) is 61.2 Å². The zero-order valence-corrected chi connectivity index (χ0v) is 11.9. The van der Waals surface area contributed by atoms with Crippen molar-refractivity contribution in [3.05, 3.63) is 0 Å². The Bertz CT molecular complexity index is 260. The lowest BCUT2D eigenvalue weighted by molar-refractivity contribution is 0.0659. The van der Waals surface area contributed by atoms with E-state index in [4.69, 9.17) is 0 Å². The Morgan fingerprint density at radius 1 is 1.00 bits per heavy atom. The Morgan fingerprint density at radius 2 is 1.83 bits per heavy atom. The first kappa shape index (κ1) is 12.9. The van der Waals surface area contributed by atoms with Gasteiger partial charge in [-0.25, -0.2) is 0 Å². The highest BCUT2D eigenvalue weighted by Gasteiger charge is 2.35. The Morgan fingerprint density at radius 3 is 2.50 bits per heavy atom. The van der Waals surface area contributed by atoms with Gasteiger partial charge in [-0.05, 0) is 70.7 Å². The topological polar surface area (TPSA) is 18.5 Å². The highest BCUT2D eigenvalue weighted by atomic mass is 15.2. The number of fused-ring (bicyclic) bond motifs is 3. The van der Waals surface area contributed by atoms with Crippen LogP contribution in [0.1, 0.15) is 39.0 Å². The van der Waals surface area contributed by atoms with Gasteiger partial charge in [0.15, 0.2) is 0 Å². The molecule has 2 unspecified atom stereocenters. The second-order valence-electron chi connectivity index (χ2n) is 6.47. The quantitative estimate of drug-likeness (QED) is 0.821. The predicted octanol–water partition coefficient (Wildman–Crippen LogP) is 1.54. The molecule has 3 nitrogen and oxygen atoms in total. The van der Waals surface area contributed by atoms with Crippen molar-refractivity contribution in [1.82, 2.24) is 15.1 Å². The third kappa shape index (κ3) is 2.89. The van der Waals surface area contributed by atoms with Crippen molar-refractivity contribution in [1.29, 1.82) is 0 Å². The van der Waals surface area contributed by atoms with Crippen LogP contribution in [0.25, 0.3) is 0 Å². The van der Waals surface area contributed by atoms with Gasteiger partial charge >= 0.3 is 0 Å². The molecule has 0 aromatic carbocycles. The minimum atomic E-state index is 0.784. The number of hydrogen-bond donors (Lipinski definition) is 1. The van der Waals surface area contributed by atoms with Crippen LogP contribution in [0, 0.1) is 5.92 Å². The number of likely N-dealkylation sites (tertiary alicyclic amines) is 1. The van der Waals surface area contributed by atoms with Crippen molar-refractivity contribution in [3.63, 3.8) is 0 Å². The molecule has 3 heteroatoms. The second-order valence-corrected chi connectivity index (χ2v) is 6.47. The van der Waals surface area contributed by atoms with Gasteiger partial charge in [0.2, 0.25) is 0 Å². The van der Waals surface area contributed by atoms with Crippen LogP contribution in [0.2, 0.25) is 0 Å². The summed E-state index contributed by atoms with van der Waals surface area (Å²) in [7, 11) is 0. The fraction of sp³-hybridized carbons (Fsp3) is 1.00. The number of hydrogen-bond acceptors (Lipinski definition) is 3. The van der Waals surface area contributed by atoms with Crippen LogP contribution in [0.15, 0.2) is 0 Å². The summed E-state index contributed by atoms with van der Waals surface area (Å²) in [5.41, 5.74) is 0. The fourth-order valence-corrected chi connectivity index (χ4v) is 4.10. The molecule has 0 aromatic rings. The van der Waals surface area contributed by atoms with Crippen LogP contribution in [0.4, 0.5) is 0 Å². The van der Waals surface area contributed by atoms with Crippen LogP contribution >= 0.6 is 0 Å². The molecular formula is C15H29N3. The fourth-order valence-electron chi connectivity index (χ4n) is 4.10. The molecule has 0 aromatic heterocycles. The summed E-state index contributed by atoms with van der Waals surface area (Å²) in [5.74, 6) is 0.973. The Hall–Kier alpha value is -0.120. The van der Waals surface area contributed by atoms with Crippen LogP contribution in [0.3, 0.4) is 0 Å². The van der Waals surface area contributed by atoms with Gasteiger partial charge < -0.3 is 15.1 Å². The van der Waals surface area contributed by atoms with Gasteiger partial charge in [-0.2, -0.15) is 0 Å². The Balaban J connectivity index is 1.50. The monoisotopic (exact) mass is 251 g/mol. The minimum absolute atomic E-state index is 0.784. The van der Waals surface area contributed by atoms with E-state index in [9.17, 15) is 0 Å². The zero-order chi connectivity index (χ0) is 12.4. The third-order valence-corrected chi connectivity index (χ3v) is 5.37. The molecule has 2 bridgehead atoms. The summed E-state index contributed by atoms with van der Waals surface area (Å²) < 4.78 is 0. The summed E-state index contributed by atoms with van der Waals surface area (Å²) >= 11 is 0. The van der Waals surface area contributed by atoms with Crippen molar-refractivity contribution in [2.24, 2.45) is 5.92 Å². The largest absolute Gasteiger partial charge is 0.310 e. The zero-order valence-electron chi connectivity index (χ0n) is 11.9. The third-order valence-electron chi connectivity index (χ3n) is 5.37. The van der Waals surface area contributed by atoms with Crippen molar-refractivity contribution in [2.75, 3.05) is 39.3 Å². The van der Waals surface area contributed by atoms with E-state index < -0.39 is 0 Å². The van der Waals surface area contributed by atoms with E-state index in [1.807, 2.05) is 0 Å². The molecule has 4 aliphatic rings. The molecular weight excluding hydrogens is 222 g/mol. The van der Waals surface area contributed by atoms with Crippen molar-refractivity contribution in [2.45, 2.75) is 51.1 Å². The average molecular weight is 251 g/mol.